The number of hydrogen-bond acceptors (Lipinski definition) is 3. The Hall–Kier alpha value is -1.34. The van der Waals surface area contributed by atoms with Crippen molar-refractivity contribution in [1.82, 2.24) is 14.9 Å². The predicted octanol–water partition coefficient (Wildman–Crippen LogP) is 0.516. The molecule has 64 valence electrons. The molecule has 1 N–H and O–H groups in total. The van der Waals surface area contributed by atoms with Crippen molar-refractivity contribution in [2.45, 2.75) is 20.0 Å². The van der Waals surface area contributed by atoms with Gasteiger partial charge >= 0.3 is 0 Å². The number of hydrogen-bond donors (Lipinski definition) is 1. The van der Waals surface area contributed by atoms with Crippen LogP contribution in [-0.4, -0.2) is 16.1 Å². The molecule has 0 aliphatic carbocycles. The lowest BCUT2D eigenvalue weighted by molar-refractivity contribution is 0.712. The quantitative estimate of drug-likeness (QED) is 0.705. The highest BCUT2D eigenvalue weighted by Gasteiger charge is 1.95. The van der Waals surface area contributed by atoms with Crippen molar-refractivity contribution >= 4 is 0 Å². The predicted molar refractivity (Wildman–Crippen MR) is 45.2 cm³/mol. The zero-order valence-corrected chi connectivity index (χ0v) is 7.12. The summed E-state index contributed by atoms with van der Waals surface area (Å²) in [5, 5.41) is 11.6. The summed E-state index contributed by atoms with van der Waals surface area (Å²) in [5.41, 5.74) is 0.979. The Morgan fingerprint density at radius 2 is 2.58 bits per heavy atom. The van der Waals surface area contributed by atoms with Crippen LogP contribution in [0.4, 0.5) is 0 Å². The molecule has 0 radical (unpaired) electrons. The Labute approximate surface area is 71.8 Å². The van der Waals surface area contributed by atoms with Gasteiger partial charge in [-0.15, -0.1) is 0 Å². The van der Waals surface area contributed by atoms with Gasteiger partial charge in [0.25, 0.3) is 0 Å². The van der Waals surface area contributed by atoms with Crippen LogP contribution in [0.25, 0.3) is 0 Å². The Kier molecular flexibility index (Phi) is 3.30. The number of nitrogens with zero attached hydrogens (tertiary/aromatic N) is 3. The van der Waals surface area contributed by atoms with Crippen molar-refractivity contribution in [3.63, 3.8) is 0 Å². The molecule has 0 spiro atoms. The van der Waals surface area contributed by atoms with Gasteiger partial charge in [-0.1, -0.05) is 6.92 Å². The third-order valence-electron chi connectivity index (χ3n) is 1.50. The first kappa shape index (κ1) is 8.75. The van der Waals surface area contributed by atoms with Crippen LogP contribution in [0.15, 0.2) is 12.5 Å². The van der Waals surface area contributed by atoms with Gasteiger partial charge in [0.15, 0.2) is 0 Å². The maximum atomic E-state index is 8.39. The first-order valence-corrected chi connectivity index (χ1v) is 3.95. The van der Waals surface area contributed by atoms with Gasteiger partial charge in [0.1, 0.15) is 6.54 Å². The van der Waals surface area contributed by atoms with Gasteiger partial charge in [0.05, 0.1) is 18.1 Å². The van der Waals surface area contributed by atoms with Crippen molar-refractivity contribution in [3.05, 3.63) is 18.2 Å². The van der Waals surface area contributed by atoms with E-state index in [1.807, 2.05) is 13.1 Å². The molecule has 0 unspecified atom stereocenters. The Morgan fingerprint density at radius 3 is 3.25 bits per heavy atom. The van der Waals surface area contributed by atoms with Gasteiger partial charge in [-0.3, -0.25) is 0 Å². The molecule has 0 fully saturated rings. The summed E-state index contributed by atoms with van der Waals surface area (Å²) in [7, 11) is 0. The normalized spacial score (nSPS) is 9.67. The van der Waals surface area contributed by atoms with Crippen molar-refractivity contribution in [3.8, 4) is 6.07 Å². The van der Waals surface area contributed by atoms with Crippen molar-refractivity contribution in [2.24, 2.45) is 0 Å². The molecule has 0 saturated carbocycles. The number of rotatable bonds is 4. The van der Waals surface area contributed by atoms with Gasteiger partial charge in [-0.2, -0.15) is 5.26 Å². The maximum Gasteiger partial charge on any atom is 0.111 e. The Bertz CT molecular complexity index is 271. The van der Waals surface area contributed by atoms with E-state index >= 15 is 0 Å². The molecule has 12 heavy (non-hydrogen) atoms. The molecule has 0 amide bonds. The lowest BCUT2D eigenvalue weighted by atomic mass is 10.4. The largest absolute Gasteiger partial charge is 0.323 e. The van der Waals surface area contributed by atoms with Crippen LogP contribution in [0, 0.1) is 11.3 Å². The second-order valence-corrected chi connectivity index (χ2v) is 2.48. The third kappa shape index (κ3) is 2.36. The SMILES string of the molecule is CCNCc1cn(CC#N)cn1. The first-order valence-electron chi connectivity index (χ1n) is 3.95. The van der Waals surface area contributed by atoms with Crippen LogP contribution >= 0.6 is 0 Å². The average Bonchev–Trinajstić information content (AvgIpc) is 2.50. The number of nitriles is 1. The van der Waals surface area contributed by atoms with Crippen LogP contribution in [-0.2, 0) is 13.1 Å². The number of nitrogens with one attached hydrogen (secondary N) is 1. The summed E-state index contributed by atoms with van der Waals surface area (Å²) < 4.78 is 1.77. The fraction of sp³-hybridized carbons (Fsp3) is 0.500. The first-order chi connectivity index (χ1) is 5.86. The zero-order chi connectivity index (χ0) is 8.81. The summed E-state index contributed by atoms with van der Waals surface area (Å²) >= 11 is 0. The Morgan fingerprint density at radius 1 is 1.75 bits per heavy atom. The molecular weight excluding hydrogens is 152 g/mol. The molecule has 4 heteroatoms. The number of aromatic nitrogens is 2. The van der Waals surface area contributed by atoms with Gasteiger partial charge in [-0.05, 0) is 6.54 Å². The second-order valence-electron chi connectivity index (χ2n) is 2.48. The van der Waals surface area contributed by atoms with Gasteiger partial charge in [-0.25, -0.2) is 4.98 Å². The molecular formula is C8H12N4. The van der Waals surface area contributed by atoms with Crippen LogP contribution in [0.1, 0.15) is 12.6 Å². The molecule has 4 nitrogen and oxygen atoms in total. The summed E-state index contributed by atoms with van der Waals surface area (Å²) in [6.45, 7) is 4.13. The van der Waals surface area contributed by atoms with Gasteiger partial charge in [0, 0.05) is 12.7 Å². The van der Waals surface area contributed by atoms with Crippen molar-refractivity contribution in [2.75, 3.05) is 6.54 Å². The molecule has 1 heterocycles. The highest BCUT2D eigenvalue weighted by Crippen LogP contribution is 1.94. The van der Waals surface area contributed by atoms with E-state index in [1.54, 1.807) is 10.9 Å². The Balaban J connectivity index is 2.48. The van der Waals surface area contributed by atoms with E-state index < -0.39 is 0 Å². The van der Waals surface area contributed by atoms with E-state index in [0.717, 1.165) is 18.8 Å². The monoisotopic (exact) mass is 164 g/mol. The lowest BCUT2D eigenvalue weighted by Crippen LogP contribution is -2.11. The molecule has 0 atom stereocenters. The summed E-state index contributed by atoms with van der Waals surface area (Å²) in [6.07, 6.45) is 3.56. The minimum Gasteiger partial charge on any atom is -0.323 e. The molecule has 1 rings (SSSR count). The standard InChI is InChI=1S/C8H12N4/c1-2-10-5-8-6-12(4-3-9)7-11-8/h6-7,10H,2,4-5H2,1H3. The minimum absolute atomic E-state index is 0.374. The molecule has 0 saturated heterocycles. The smallest absolute Gasteiger partial charge is 0.111 e. The fourth-order valence-corrected chi connectivity index (χ4v) is 0.919. The molecule has 1 aromatic heterocycles. The molecule has 0 aliphatic rings. The maximum absolute atomic E-state index is 8.39. The van der Waals surface area contributed by atoms with Crippen LogP contribution in [0.5, 0.6) is 0 Å². The minimum atomic E-state index is 0.374. The van der Waals surface area contributed by atoms with E-state index in [2.05, 4.69) is 16.4 Å². The molecule has 0 bridgehead atoms. The highest BCUT2D eigenvalue weighted by atomic mass is 15.0. The summed E-state index contributed by atoms with van der Waals surface area (Å²) in [6, 6.07) is 2.06. The van der Waals surface area contributed by atoms with Crippen LogP contribution < -0.4 is 5.32 Å². The third-order valence-corrected chi connectivity index (χ3v) is 1.50. The highest BCUT2D eigenvalue weighted by molar-refractivity contribution is 4.97. The fourth-order valence-electron chi connectivity index (χ4n) is 0.919. The van der Waals surface area contributed by atoms with E-state index in [0.29, 0.717) is 6.54 Å². The average molecular weight is 164 g/mol. The lowest BCUT2D eigenvalue weighted by Gasteiger charge is -1.95. The van der Waals surface area contributed by atoms with Crippen molar-refractivity contribution < 1.29 is 0 Å². The van der Waals surface area contributed by atoms with E-state index in [1.165, 1.54) is 0 Å². The molecule has 0 aromatic carbocycles. The van der Waals surface area contributed by atoms with Crippen LogP contribution in [0.3, 0.4) is 0 Å². The summed E-state index contributed by atoms with van der Waals surface area (Å²) in [4.78, 5) is 4.12. The van der Waals surface area contributed by atoms with E-state index in [9.17, 15) is 0 Å². The molecule has 0 aliphatic heterocycles. The zero-order valence-electron chi connectivity index (χ0n) is 7.12. The molecule has 1 aromatic rings. The second kappa shape index (κ2) is 4.52. The van der Waals surface area contributed by atoms with Crippen LogP contribution in [0.2, 0.25) is 0 Å². The van der Waals surface area contributed by atoms with Gasteiger partial charge < -0.3 is 9.88 Å². The topological polar surface area (TPSA) is 53.6 Å². The van der Waals surface area contributed by atoms with E-state index in [4.69, 9.17) is 5.26 Å². The van der Waals surface area contributed by atoms with Gasteiger partial charge in [0.2, 0.25) is 0 Å². The van der Waals surface area contributed by atoms with E-state index in [-0.39, 0.29) is 0 Å². The number of imidazole rings is 1. The van der Waals surface area contributed by atoms with Crippen molar-refractivity contribution in [1.29, 1.82) is 5.26 Å². The summed E-state index contributed by atoms with van der Waals surface area (Å²) in [5.74, 6) is 0.